The van der Waals surface area contributed by atoms with Crippen molar-refractivity contribution in [3.05, 3.63) is 97.2 Å². The lowest BCUT2D eigenvalue weighted by atomic mass is 10.1. The molecule has 0 heterocycles. The van der Waals surface area contributed by atoms with Gasteiger partial charge in [-0.1, -0.05) is 189 Å². The molecule has 0 unspecified atom stereocenters. The molecule has 0 fully saturated rings. The Morgan fingerprint density at radius 2 is 0.635 bits per heavy atom. The lowest BCUT2D eigenvalue weighted by Crippen LogP contribution is -2.30. The van der Waals surface area contributed by atoms with Crippen molar-refractivity contribution in [2.75, 3.05) is 13.2 Å². The Labute approximate surface area is 387 Å². The fourth-order valence-corrected chi connectivity index (χ4v) is 6.65. The van der Waals surface area contributed by atoms with Gasteiger partial charge in [-0.05, 0) is 116 Å². The van der Waals surface area contributed by atoms with Crippen LogP contribution in [0.1, 0.15) is 226 Å². The fourth-order valence-electron chi connectivity index (χ4n) is 6.65. The smallest absolute Gasteiger partial charge is 0.306 e. The van der Waals surface area contributed by atoms with Gasteiger partial charge in [-0.15, -0.1) is 0 Å². The average Bonchev–Trinajstić information content (AvgIpc) is 3.28. The molecule has 0 saturated carbocycles. The van der Waals surface area contributed by atoms with Crippen LogP contribution in [-0.2, 0) is 28.6 Å². The number of rotatable bonds is 45. The molecule has 0 spiro atoms. The second-order valence-corrected chi connectivity index (χ2v) is 16.7. The van der Waals surface area contributed by atoms with Crippen molar-refractivity contribution in [3.63, 3.8) is 0 Å². The quantitative estimate of drug-likeness (QED) is 0.0262. The van der Waals surface area contributed by atoms with Crippen LogP contribution in [0, 0.1) is 0 Å². The van der Waals surface area contributed by atoms with Crippen LogP contribution in [0.15, 0.2) is 97.2 Å². The second-order valence-electron chi connectivity index (χ2n) is 16.7. The lowest BCUT2D eigenvalue weighted by Gasteiger charge is -2.18. The minimum Gasteiger partial charge on any atom is -0.462 e. The maximum absolute atomic E-state index is 12.8. The summed E-state index contributed by atoms with van der Waals surface area (Å²) in [6.45, 7) is 6.40. The minimum atomic E-state index is -0.802. The van der Waals surface area contributed by atoms with Crippen molar-refractivity contribution in [3.8, 4) is 0 Å². The molecule has 6 heteroatoms. The first-order valence-electron chi connectivity index (χ1n) is 25.7. The highest BCUT2D eigenvalue weighted by molar-refractivity contribution is 5.71. The van der Waals surface area contributed by atoms with E-state index in [-0.39, 0.29) is 31.1 Å². The molecule has 63 heavy (non-hydrogen) atoms. The summed E-state index contributed by atoms with van der Waals surface area (Å²) in [5, 5.41) is 0. The Balaban J connectivity index is 4.45. The summed E-state index contributed by atoms with van der Waals surface area (Å²) in [6, 6.07) is 0. The van der Waals surface area contributed by atoms with Crippen molar-refractivity contribution < 1.29 is 28.6 Å². The highest BCUT2D eigenvalue weighted by Gasteiger charge is 2.19. The number of carbonyl (C=O) groups excluding carboxylic acids is 3. The molecule has 0 aliphatic rings. The van der Waals surface area contributed by atoms with Gasteiger partial charge in [0, 0.05) is 19.3 Å². The predicted octanol–water partition coefficient (Wildman–Crippen LogP) is 17.0. The van der Waals surface area contributed by atoms with Crippen LogP contribution < -0.4 is 0 Å². The fraction of sp³-hybridized carbons (Fsp3) is 0.667. The molecule has 358 valence electrons. The third-order valence-corrected chi connectivity index (χ3v) is 10.5. The van der Waals surface area contributed by atoms with Gasteiger partial charge in [0.05, 0.1) is 0 Å². The lowest BCUT2D eigenvalue weighted by molar-refractivity contribution is -0.167. The van der Waals surface area contributed by atoms with E-state index in [0.717, 1.165) is 135 Å². The molecule has 0 amide bonds. The van der Waals surface area contributed by atoms with Gasteiger partial charge in [0.15, 0.2) is 6.10 Å². The van der Waals surface area contributed by atoms with E-state index in [0.29, 0.717) is 19.3 Å². The van der Waals surface area contributed by atoms with Gasteiger partial charge < -0.3 is 14.2 Å². The Morgan fingerprint density at radius 1 is 0.333 bits per heavy atom. The maximum Gasteiger partial charge on any atom is 0.306 e. The molecule has 0 aromatic rings. The molecule has 0 bridgehead atoms. The van der Waals surface area contributed by atoms with Crippen LogP contribution in [0.4, 0.5) is 0 Å². The van der Waals surface area contributed by atoms with E-state index < -0.39 is 6.10 Å². The Kier molecular flexibility index (Phi) is 48.0. The molecule has 1 atom stereocenters. The van der Waals surface area contributed by atoms with Gasteiger partial charge in [0.25, 0.3) is 0 Å². The summed E-state index contributed by atoms with van der Waals surface area (Å²) in [5.74, 6) is -0.963. The number of hydrogen-bond donors (Lipinski definition) is 0. The van der Waals surface area contributed by atoms with Crippen LogP contribution in [0.3, 0.4) is 0 Å². The molecule has 0 aromatic carbocycles. The van der Waals surface area contributed by atoms with Crippen LogP contribution in [0.25, 0.3) is 0 Å². The van der Waals surface area contributed by atoms with Crippen LogP contribution in [-0.4, -0.2) is 37.2 Å². The zero-order chi connectivity index (χ0) is 45.8. The first-order chi connectivity index (χ1) is 31.0. The predicted molar refractivity (Wildman–Crippen MR) is 270 cm³/mol. The van der Waals surface area contributed by atoms with Crippen molar-refractivity contribution in [1.82, 2.24) is 0 Å². The average molecular weight is 875 g/mol. The zero-order valence-corrected chi connectivity index (χ0v) is 40.8. The van der Waals surface area contributed by atoms with Crippen molar-refractivity contribution in [2.24, 2.45) is 0 Å². The maximum atomic E-state index is 12.8. The van der Waals surface area contributed by atoms with Gasteiger partial charge in [0.2, 0.25) is 0 Å². The molecule has 0 rings (SSSR count). The third kappa shape index (κ3) is 49.2. The summed E-state index contributed by atoms with van der Waals surface area (Å²) in [6.07, 6.45) is 66.7. The molecule has 6 nitrogen and oxygen atoms in total. The molecule has 0 aromatic heterocycles. The van der Waals surface area contributed by atoms with Crippen LogP contribution in [0.5, 0.6) is 0 Å². The Bertz CT molecular complexity index is 1280. The third-order valence-electron chi connectivity index (χ3n) is 10.5. The van der Waals surface area contributed by atoms with Gasteiger partial charge in [-0.25, -0.2) is 0 Å². The summed E-state index contributed by atoms with van der Waals surface area (Å²) in [4.78, 5) is 37.9. The number of hydrogen-bond acceptors (Lipinski definition) is 6. The van der Waals surface area contributed by atoms with E-state index in [1.807, 2.05) is 0 Å². The summed E-state index contributed by atoms with van der Waals surface area (Å²) in [7, 11) is 0. The number of allylic oxidation sites excluding steroid dienone is 16. The van der Waals surface area contributed by atoms with Gasteiger partial charge in [-0.3, -0.25) is 14.4 Å². The SMILES string of the molecule is CC/C=C\C/C=C\C/C=C\CCCCCCCC(=O)OC[C@H](COC(=O)CCCCC/C=C\C/C=C\C/C=C\C/C=C\CCCCC)OC(=O)CCCCCCC/C=C\CCCC. The Hall–Kier alpha value is -3.67. The molecule has 0 radical (unpaired) electrons. The van der Waals surface area contributed by atoms with Gasteiger partial charge >= 0.3 is 17.9 Å². The standard InChI is InChI=1S/C57H94O6/c1-4-7-10-13-16-19-22-24-26-27-28-29-31-33-36-38-41-44-47-50-56(59)62-53-54(63-57(60)51-48-45-42-39-34-21-18-15-12-9-6-3)52-61-55(58)49-46-43-40-37-35-32-30-25-23-20-17-14-11-8-5-2/h8,11,15-20,24-26,28-30,33,36,54H,4-7,9-10,12-14,21-23,27,31-32,34-35,37-53H2,1-3H3/b11-8-,18-15-,19-16-,20-17-,26-24-,29-28-,30-25-,36-33-/t54-/m1/s1. The van der Waals surface area contributed by atoms with Crippen LogP contribution in [0.2, 0.25) is 0 Å². The highest BCUT2D eigenvalue weighted by atomic mass is 16.6. The number of unbranched alkanes of at least 4 members (excludes halogenated alkanes) is 18. The molecule has 0 saturated heterocycles. The number of carbonyl (C=O) groups is 3. The monoisotopic (exact) mass is 875 g/mol. The minimum absolute atomic E-state index is 0.102. The first kappa shape index (κ1) is 59.3. The topological polar surface area (TPSA) is 78.9 Å². The van der Waals surface area contributed by atoms with E-state index in [1.165, 1.54) is 51.4 Å². The molecular formula is C57H94O6. The van der Waals surface area contributed by atoms with E-state index in [4.69, 9.17) is 14.2 Å². The second kappa shape index (κ2) is 51.0. The highest BCUT2D eigenvalue weighted by Crippen LogP contribution is 2.13. The van der Waals surface area contributed by atoms with Crippen molar-refractivity contribution >= 4 is 17.9 Å². The van der Waals surface area contributed by atoms with Gasteiger partial charge in [-0.2, -0.15) is 0 Å². The van der Waals surface area contributed by atoms with E-state index in [2.05, 4.69) is 118 Å². The summed E-state index contributed by atoms with van der Waals surface area (Å²) < 4.78 is 16.7. The number of ether oxygens (including phenoxy) is 3. The van der Waals surface area contributed by atoms with E-state index in [1.54, 1.807) is 0 Å². The van der Waals surface area contributed by atoms with E-state index in [9.17, 15) is 14.4 Å². The normalized spacial score (nSPS) is 12.9. The Morgan fingerprint density at radius 3 is 1.05 bits per heavy atom. The summed E-state index contributed by atoms with van der Waals surface area (Å²) in [5.41, 5.74) is 0. The van der Waals surface area contributed by atoms with Gasteiger partial charge in [0.1, 0.15) is 13.2 Å². The molecule has 0 aliphatic carbocycles. The first-order valence-corrected chi connectivity index (χ1v) is 25.7. The van der Waals surface area contributed by atoms with E-state index >= 15 is 0 Å². The van der Waals surface area contributed by atoms with Crippen LogP contribution >= 0.6 is 0 Å². The summed E-state index contributed by atoms with van der Waals surface area (Å²) >= 11 is 0. The molecular weight excluding hydrogens is 781 g/mol. The van der Waals surface area contributed by atoms with Crippen molar-refractivity contribution in [2.45, 2.75) is 232 Å². The number of esters is 3. The largest absolute Gasteiger partial charge is 0.462 e. The zero-order valence-electron chi connectivity index (χ0n) is 40.8. The van der Waals surface area contributed by atoms with Crippen molar-refractivity contribution in [1.29, 1.82) is 0 Å². The molecule has 0 N–H and O–H groups in total. The molecule has 0 aliphatic heterocycles.